The summed E-state index contributed by atoms with van der Waals surface area (Å²) in [5.41, 5.74) is 4.28. The van der Waals surface area contributed by atoms with E-state index in [4.69, 9.17) is 4.74 Å². The third kappa shape index (κ3) is 4.60. The number of fused-ring (bicyclic) bond motifs is 1. The number of nitriles is 1. The van der Waals surface area contributed by atoms with Crippen LogP contribution in [0.15, 0.2) is 54.6 Å². The molecule has 2 atom stereocenters. The number of ether oxygens (including phenoxy) is 1. The molecule has 2 saturated heterocycles. The first-order valence-electron chi connectivity index (χ1n) is 11.9. The predicted molar refractivity (Wildman–Crippen MR) is 129 cm³/mol. The zero-order chi connectivity index (χ0) is 23.5. The molecule has 2 amide bonds. The molecule has 2 aromatic carbocycles. The molecule has 2 N–H and O–H groups in total. The Morgan fingerprint density at radius 1 is 1.12 bits per heavy atom. The number of carbonyl (C=O) groups is 2. The molecule has 0 radical (unpaired) electrons. The average Bonchev–Trinajstić information content (AvgIpc) is 3.35. The molecule has 0 saturated carbocycles. The highest BCUT2D eigenvalue weighted by atomic mass is 16.5. The van der Waals surface area contributed by atoms with Gasteiger partial charge in [0.25, 0.3) is 0 Å². The molecular formula is C27H28N4O3. The van der Waals surface area contributed by atoms with Gasteiger partial charge in [-0.25, -0.2) is 0 Å². The van der Waals surface area contributed by atoms with Crippen LogP contribution in [-0.2, 0) is 14.3 Å². The van der Waals surface area contributed by atoms with Crippen LogP contribution < -0.4 is 10.6 Å². The van der Waals surface area contributed by atoms with Crippen molar-refractivity contribution in [2.45, 2.75) is 31.2 Å². The first kappa shape index (κ1) is 22.3. The summed E-state index contributed by atoms with van der Waals surface area (Å²) >= 11 is 0. The summed E-state index contributed by atoms with van der Waals surface area (Å²) < 4.78 is 5.30. The standard InChI is InChI=1S/C27H28N4O3/c28-16-20-15-21(29-27(33)19-11-14-34-17-19)5-6-22(20)18-9-12-31(13-10-18)25-7-8-26(32)30-24-4-2-1-3-23(24)25/h1-8,15,18-19,25H,9-14,17H2,(H,29,33)(H,30,32). The lowest BCUT2D eigenvalue weighted by atomic mass is 9.85. The van der Waals surface area contributed by atoms with Crippen molar-refractivity contribution in [3.8, 4) is 6.07 Å². The van der Waals surface area contributed by atoms with Gasteiger partial charge < -0.3 is 15.4 Å². The lowest BCUT2D eigenvalue weighted by molar-refractivity contribution is -0.119. The van der Waals surface area contributed by atoms with E-state index in [2.05, 4.69) is 27.7 Å². The fourth-order valence-electron chi connectivity index (χ4n) is 5.20. The molecule has 174 valence electrons. The largest absolute Gasteiger partial charge is 0.381 e. The van der Waals surface area contributed by atoms with Crippen molar-refractivity contribution in [3.63, 3.8) is 0 Å². The van der Waals surface area contributed by atoms with Crippen LogP contribution >= 0.6 is 0 Å². The number of anilines is 2. The lowest BCUT2D eigenvalue weighted by Gasteiger charge is -2.37. The second kappa shape index (κ2) is 9.80. The predicted octanol–water partition coefficient (Wildman–Crippen LogP) is 3.96. The molecule has 34 heavy (non-hydrogen) atoms. The molecule has 2 unspecified atom stereocenters. The lowest BCUT2D eigenvalue weighted by Crippen LogP contribution is -2.35. The first-order chi connectivity index (χ1) is 16.6. The SMILES string of the molecule is N#Cc1cc(NC(=O)C2CCOC2)ccc1C1CCN(C2C=CC(=O)Nc3ccccc32)CC1. The highest BCUT2D eigenvalue weighted by molar-refractivity contribution is 6.00. The average molecular weight is 457 g/mol. The van der Waals surface area contributed by atoms with Crippen LogP contribution in [0.1, 0.15) is 47.9 Å². The van der Waals surface area contributed by atoms with E-state index in [1.54, 1.807) is 12.1 Å². The van der Waals surface area contributed by atoms with E-state index < -0.39 is 0 Å². The second-order valence-electron chi connectivity index (χ2n) is 9.15. The summed E-state index contributed by atoms with van der Waals surface area (Å²) in [5.74, 6) is 0.00938. The third-order valence-electron chi connectivity index (χ3n) is 7.07. The summed E-state index contributed by atoms with van der Waals surface area (Å²) in [6.07, 6.45) is 6.18. The van der Waals surface area contributed by atoms with Gasteiger partial charge >= 0.3 is 0 Å². The fraction of sp³-hybridized carbons (Fsp3) is 0.370. The van der Waals surface area contributed by atoms with Crippen molar-refractivity contribution in [1.29, 1.82) is 5.26 Å². The molecular weight excluding hydrogens is 428 g/mol. The molecule has 7 nitrogen and oxygen atoms in total. The van der Waals surface area contributed by atoms with Crippen LogP contribution in [0.3, 0.4) is 0 Å². The van der Waals surface area contributed by atoms with Crippen LogP contribution in [0, 0.1) is 17.2 Å². The number of hydrogen-bond donors (Lipinski definition) is 2. The Hall–Kier alpha value is -3.47. The number of benzene rings is 2. The van der Waals surface area contributed by atoms with E-state index in [1.807, 2.05) is 36.4 Å². The zero-order valence-electron chi connectivity index (χ0n) is 19.0. The van der Waals surface area contributed by atoms with E-state index in [1.165, 1.54) is 0 Å². The van der Waals surface area contributed by atoms with Gasteiger partial charge in [-0.1, -0.05) is 30.3 Å². The summed E-state index contributed by atoms with van der Waals surface area (Å²) in [5, 5.41) is 15.7. The number of carbonyl (C=O) groups excluding carboxylic acids is 2. The van der Waals surface area contributed by atoms with Crippen molar-refractivity contribution < 1.29 is 14.3 Å². The first-order valence-corrected chi connectivity index (χ1v) is 11.9. The van der Waals surface area contributed by atoms with Gasteiger partial charge in [-0.3, -0.25) is 14.5 Å². The Balaban J connectivity index is 1.27. The maximum absolute atomic E-state index is 12.4. The van der Waals surface area contributed by atoms with E-state index in [-0.39, 0.29) is 29.7 Å². The van der Waals surface area contributed by atoms with Crippen molar-refractivity contribution in [3.05, 3.63) is 71.3 Å². The van der Waals surface area contributed by atoms with Gasteiger partial charge in [0.15, 0.2) is 0 Å². The molecule has 0 aromatic heterocycles. The Labute approximate surface area is 199 Å². The number of amides is 2. The van der Waals surface area contributed by atoms with Crippen molar-refractivity contribution >= 4 is 23.2 Å². The maximum atomic E-state index is 12.4. The number of likely N-dealkylation sites (tertiary alicyclic amines) is 1. The molecule has 0 aliphatic carbocycles. The van der Waals surface area contributed by atoms with Crippen LogP contribution in [-0.4, -0.2) is 43.0 Å². The minimum absolute atomic E-state index is 0.0451. The van der Waals surface area contributed by atoms with E-state index in [0.717, 1.165) is 49.2 Å². The second-order valence-corrected chi connectivity index (χ2v) is 9.15. The van der Waals surface area contributed by atoms with Crippen molar-refractivity contribution in [1.82, 2.24) is 4.90 Å². The minimum Gasteiger partial charge on any atom is -0.381 e. The number of nitrogens with one attached hydrogen (secondary N) is 2. The molecule has 3 aliphatic rings. The number of piperidine rings is 1. The monoisotopic (exact) mass is 456 g/mol. The molecule has 5 rings (SSSR count). The fourth-order valence-corrected chi connectivity index (χ4v) is 5.20. The Morgan fingerprint density at radius 2 is 1.94 bits per heavy atom. The molecule has 2 fully saturated rings. The van der Waals surface area contributed by atoms with Gasteiger partial charge in [0.1, 0.15) is 0 Å². The Kier molecular flexibility index (Phi) is 6.43. The smallest absolute Gasteiger partial charge is 0.248 e. The van der Waals surface area contributed by atoms with Gasteiger partial charge in [0.05, 0.1) is 30.2 Å². The minimum atomic E-state index is -0.122. The Morgan fingerprint density at radius 3 is 2.71 bits per heavy atom. The van der Waals surface area contributed by atoms with Gasteiger partial charge in [-0.05, 0) is 67.6 Å². The van der Waals surface area contributed by atoms with Crippen LogP contribution in [0.25, 0.3) is 0 Å². The van der Waals surface area contributed by atoms with Crippen molar-refractivity contribution in [2.75, 3.05) is 36.9 Å². The Bertz CT molecular complexity index is 1150. The van der Waals surface area contributed by atoms with Crippen LogP contribution in [0.2, 0.25) is 0 Å². The summed E-state index contributed by atoms with van der Waals surface area (Å²) in [6, 6.07) is 16.0. The molecule has 3 heterocycles. The van der Waals surface area contributed by atoms with Crippen LogP contribution in [0.5, 0.6) is 0 Å². The molecule has 3 aliphatic heterocycles. The molecule has 0 spiro atoms. The summed E-state index contributed by atoms with van der Waals surface area (Å²) in [4.78, 5) is 26.9. The summed E-state index contributed by atoms with van der Waals surface area (Å²) in [7, 11) is 0. The quantitative estimate of drug-likeness (QED) is 0.726. The van der Waals surface area contributed by atoms with Gasteiger partial charge in [-0.15, -0.1) is 0 Å². The van der Waals surface area contributed by atoms with Crippen molar-refractivity contribution in [2.24, 2.45) is 5.92 Å². The number of rotatable bonds is 4. The van der Waals surface area contributed by atoms with E-state index in [9.17, 15) is 14.9 Å². The number of nitrogens with zero attached hydrogens (tertiary/aromatic N) is 2. The third-order valence-corrected chi connectivity index (χ3v) is 7.07. The summed E-state index contributed by atoms with van der Waals surface area (Å²) in [6.45, 7) is 2.81. The van der Waals surface area contributed by atoms with E-state index >= 15 is 0 Å². The highest BCUT2D eigenvalue weighted by Crippen LogP contribution is 2.37. The van der Waals surface area contributed by atoms with Gasteiger partial charge in [0, 0.05) is 24.1 Å². The molecule has 0 bridgehead atoms. The zero-order valence-corrected chi connectivity index (χ0v) is 19.0. The number of hydrogen-bond acceptors (Lipinski definition) is 5. The van der Waals surface area contributed by atoms with E-state index in [0.29, 0.717) is 24.5 Å². The number of para-hydroxylation sites is 1. The maximum Gasteiger partial charge on any atom is 0.248 e. The highest BCUT2D eigenvalue weighted by Gasteiger charge is 2.29. The molecule has 2 aromatic rings. The van der Waals surface area contributed by atoms with Gasteiger partial charge in [0.2, 0.25) is 11.8 Å². The molecule has 7 heteroatoms. The van der Waals surface area contributed by atoms with Gasteiger partial charge in [-0.2, -0.15) is 5.26 Å². The topological polar surface area (TPSA) is 94.5 Å². The normalized spacial score (nSPS) is 23.0. The van der Waals surface area contributed by atoms with Crippen LogP contribution in [0.4, 0.5) is 11.4 Å².